The van der Waals surface area contributed by atoms with E-state index in [1.165, 1.54) is 12.1 Å². The van der Waals surface area contributed by atoms with Crippen LogP contribution < -0.4 is 36.1 Å². The summed E-state index contributed by atoms with van der Waals surface area (Å²) in [4.78, 5) is 43.6. The number of hydrogen-bond acceptors (Lipinski definition) is 16. The maximum atomic E-state index is 14.4. The Kier molecular flexibility index (Phi) is 9.86. The van der Waals surface area contributed by atoms with E-state index < -0.39 is 73.3 Å². The molecule has 286 valence electrons. The lowest BCUT2D eigenvalue weighted by Crippen LogP contribution is -2.70. The zero-order valence-electron chi connectivity index (χ0n) is 28.9. The number of amides is 1. The molecule has 8 rings (SSSR count). The van der Waals surface area contributed by atoms with E-state index in [0.717, 1.165) is 0 Å². The second-order valence-electron chi connectivity index (χ2n) is 13.8. The van der Waals surface area contributed by atoms with E-state index in [0.29, 0.717) is 22.4 Å². The first-order valence-electron chi connectivity index (χ1n) is 17.7. The number of benzene rings is 3. The topological polar surface area (TPSA) is 255 Å². The number of aliphatic hydroxyl groups excluding tert-OH is 5. The lowest BCUT2D eigenvalue weighted by Gasteiger charge is -2.40. The van der Waals surface area contributed by atoms with Crippen molar-refractivity contribution in [1.29, 1.82) is 0 Å². The highest BCUT2D eigenvalue weighted by molar-refractivity contribution is 6.29. The van der Waals surface area contributed by atoms with Gasteiger partial charge < -0.3 is 54.7 Å². The average molecular weight is 748 g/mol. The SMILES string of the molecule is NC1NC(=O)C2NCN(c3ccccc3C3CCOCC4OC(Oc5c3cc3c(c5OCCO)C(=O)c5cc(CO)ccc5C3=O)C(O)C(O)C4O)C2N1. The number of ether oxygens (including phenoxy) is 4. The van der Waals surface area contributed by atoms with Crippen LogP contribution in [0.3, 0.4) is 0 Å². The number of ketones is 2. The van der Waals surface area contributed by atoms with Crippen LogP contribution in [0.1, 0.15) is 60.9 Å². The molecule has 9 unspecified atom stereocenters. The lowest BCUT2D eigenvalue weighted by molar-refractivity contribution is -0.279. The normalized spacial score (nSPS) is 30.6. The van der Waals surface area contributed by atoms with Crippen molar-refractivity contribution in [1.82, 2.24) is 16.0 Å². The Bertz CT molecular complexity index is 1980. The highest BCUT2D eigenvalue weighted by Gasteiger charge is 2.48. The van der Waals surface area contributed by atoms with Crippen LogP contribution in [0.25, 0.3) is 0 Å². The Morgan fingerprint density at radius 2 is 1.74 bits per heavy atom. The van der Waals surface area contributed by atoms with Gasteiger partial charge in [-0.2, -0.15) is 0 Å². The number of anilines is 1. The van der Waals surface area contributed by atoms with Crippen LogP contribution in [0.5, 0.6) is 11.5 Å². The molecule has 1 amide bonds. The van der Waals surface area contributed by atoms with Gasteiger partial charge in [-0.15, -0.1) is 0 Å². The number of carbonyl (C=O) groups excluding carboxylic acids is 3. The minimum Gasteiger partial charge on any atom is -0.486 e. The van der Waals surface area contributed by atoms with Gasteiger partial charge in [0.15, 0.2) is 23.1 Å². The molecule has 10 N–H and O–H groups in total. The smallest absolute Gasteiger partial charge is 0.242 e. The summed E-state index contributed by atoms with van der Waals surface area (Å²) in [5.41, 5.74) is 8.24. The van der Waals surface area contributed by atoms with Gasteiger partial charge in [0.25, 0.3) is 0 Å². The van der Waals surface area contributed by atoms with E-state index in [1.54, 1.807) is 12.1 Å². The Labute approximate surface area is 308 Å². The van der Waals surface area contributed by atoms with Crippen molar-refractivity contribution >= 4 is 23.2 Å². The van der Waals surface area contributed by atoms with Crippen LogP contribution in [0.2, 0.25) is 0 Å². The van der Waals surface area contributed by atoms with Crippen molar-refractivity contribution in [3.63, 3.8) is 0 Å². The number of hydrogen-bond donors (Lipinski definition) is 9. The predicted molar refractivity (Wildman–Crippen MR) is 187 cm³/mol. The third-order valence-electron chi connectivity index (χ3n) is 10.6. The van der Waals surface area contributed by atoms with Crippen LogP contribution in [-0.2, 0) is 20.9 Å². The van der Waals surface area contributed by atoms with Gasteiger partial charge >= 0.3 is 0 Å². The fourth-order valence-electron chi connectivity index (χ4n) is 7.99. The number of fused-ring (bicyclic) bond motifs is 6. The summed E-state index contributed by atoms with van der Waals surface area (Å²) in [6.45, 7) is -1.01. The Morgan fingerprint density at radius 3 is 2.54 bits per heavy atom. The van der Waals surface area contributed by atoms with Gasteiger partial charge in [0.1, 0.15) is 49.5 Å². The summed E-state index contributed by atoms with van der Waals surface area (Å²) < 4.78 is 24.5. The average Bonchev–Trinajstić information content (AvgIpc) is 3.59. The summed E-state index contributed by atoms with van der Waals surface area (Å²) in [6.07, 6.45) is -8.84. The minimum atomic E-state index is -1.78. The van der Waals surface area contributed by atoms with Crippen molar-refractivity contribution < 1.29 is 58.9 Å². The van der Waals surface area contributed by atoms with Crippen molar-refractivity contribution in [2.24, 2.45) is 5.73 Å². The first kappa shape index (κ1) is 36.4. The number of aliphatic hydroxyl groups is 5. The number of nitrogens with two attached hydrogens (primary N) is 1. The zero-order chi connectivity index (χ0) is 37.8. The molecule has 4 aliphatic heterocycles. The van der Waals surface area contributed by atoms with Crippen LogP contribution in [0, 0.1) is 0 Å². The van der Waals surface area contributed by atoms with Crippen LogP contribution >= 0.6 is 0 Å². The second-order valence-corrected chi connectivity index (χ2v) is 13.8. The molecule has 54 heavy (non-hydrogen) atoms. The summed E-state index contributed by atoms with van der Waals surface area (Å²) in [6, 6.07) is 12.8. The highest BCUT2D eigenvalue weighted by atomic mass is 16.7. The monoisotopic (exact) mass is 747 g/mol. The van der Waals surface area contributed by atoms with Crippen molar-refractivity contribution in [3.05, 3.63) is 87.5 Å². The van der Waals surface area contributed by atoms with E-state index in [1.807, 2.05) is 29.2 Å². The van der Waals surface area contributed by atoms with Gasteiger partial charge in [-0.05, 0) is 41.8 Å². The summed E-state index contributed by atoms with van der Waals surface area (Å²) in [5, 5.41) is 61.7. The highest BCUT2D eigenvalue weighted by Crippen LogP contribution is 2.49. The fourth-order valence-corrected chi connectivity index (χ4v) is 7.99. The molecule has 5 aliphatic rings. The Balaban J connectivity index is 1.35. The largest absolute Gasteiger partial charge is 0.486 e. The maximum Gasteiger partial charge on any atom is 0.242 e. The molecule has 3 fully saturated rings. The van der Waals surface area contributed by atoms with Crippen LogP contribution in [0.4, 0.5) is 5.69 Å². The summed E-state index contributed by atoms with van der Waals surface area (Å²) >= 11 is 0. The Hall–Kier alpha value is -4.53. The summed E-state index contributed by atoms with van der Waals surface area (Å²) in [7, 11) is 0. The van der Waals surface area contributed by atoms with E-state index >= 15 is 0 Å². The maximum absolute atomic E-state index is 14.4. The fraction of sp³-hybridized carbons (Fsp3) is 0.432. The van der Waals surface area contributed by atoms with Crippen molar-refractivity contribution in [2.75, 3.05) is 38.0 Å². The van der Waals surface area contributed by atoms with Gasteiger partial charge in [-0.25, -0.2) is 0 Å². The molecule has 0 radical (unpaired) electrons. The number of nitrogens with zero attached hydrogens (tertiary/aromatic N) is 1. The van der Waals surface area contributed by atoms with Crippen molar-refractivity contribution in [2.45, 2.75) is 68.1 Å². The molecule has 0 spiro atoms. The van der Waals surface area contributed by atoms with E-state index in [9.17, 15) is 39.9 Å². The molecule has 3 aromatic rings. The molecular weight excluding hydrogens is 706 g/mol. The molecule has 0 saturated carbocycles. The minimum absolute atomic E-state index is 0.00394. The molecular formula is C37H41N5O12. The van der Waals surface area contributed by atoms with Crippen LogP contribution in [0.15, 0.2) is 48.5 Å². The van der Waals surface area contributed by atoms with E-state index in [2.05, 4.69) is 16.0 Å². The van der Waals surface area contributed by atoms with E-state index in [-0.39, 0.29) is 79.2 Å². The van der Waals surface area contributed by atoms with Gasteiger partial charge in [0, 0.05) is 40.5 Å². The number of nitrogens with one attached hydrogen (secondary N) is 3. The zero-order valence-corrected chi connectivity index (χ0v) is 28.9. The molecule has 17 nitrogen and oxygen atoms in total. The molecule has 1 aliphatic carbocycles. The van der Waals surface area contributed by atoms with Gasteiger partial charge in [-0.1, -0.05) is 24.3 Å². The predicted octanol–water partition coefficient (Wildman–Crippen LogP) is -1.91. The number of para-hydroxylation sites is 1. The van der Waals surface area contributed by atoms with Gasteiger partial charge in [-0.3, -0.25) is 30.8 Å². The molecule has 4 heterocycles. The lowest BCUT2D eigenvalue weighted by atomic mass is 9.78. The third kappa shape index (κ3) is 6.12. The van der Waals surface area contributed by atoms with Gasteiger partial charge in [0.05, 0.1) is 32.1 Å². The first-order chi connectivity index (χ1) is 26.1. The molecule has 0 aromatic heterocycles. The number of carbonyl (C=O) groups is 3. The third-order valence-corrected chi connectivity index (χ3v) is 10.6. The van der Waals surface area contributed by atoms with Gasteiger partial charge in [0.2, 0.25) is 12.2 Å². The molecule has 2 bridgehead atoms. The van der Waals surface area contributed by atoms with Crippen molar-refractivity contribution in [3.8, 4) is 11.5 Å². The standard InChI is InChI=1S/C37H41N5O12/c38-37-40-34-26(35(50)41-37)39-15-42(34)23-4-2-1-3-18(23)17-7-9-51-14-24-29(47)30(48)31(49)36(53-24)54-32-21(17)12-22-25(33(32)52-10-8-43)28(46)20-11-16(13-44)5-6-19(20)27(22)45/h1-6,11-12,17,24,26,29-31,34,36-37,39-40,43-44,47-49H,7-10,13-15,38H2,(H,41,50). The van der Waals surface area contributed by atoms with E-state index in [4.69, 9.17) is 24.7 Å². The quantitative estimate of drug-likeness (QED) is 0.104. The molecule has 3 aromatic carbocycles. The molecule has 17 heteroatoms. The first-order valence-corrected chi connectivity index (χ1v) is 17.7. The number of rotatable bonds is 6. The molecule has 3 saturated heterocycles. The Morgan fingerprint density at radius 1 is 0.926 bits per heavy atom. The van der Waals surface area contributed by atoms with Crippen LogP contribution in [-0.4, -0.2) is 125 Å². The second kappa shape index (κ2) is 14.6. The summed E-state index contributed by atoms with van der Waals surface area (Å²) in [5.74, 6) is -2.36. The molecule has 9 atom stereocenters.